The van der Waals surface area contributed by atoms with E-state index in [1.165, 1.54) is 6.07 Å². The van der Waals surface area contributed by atoms with Gasteiger partial charge in [-0.2, -0.15) is 0 Å². The zero-order valence-electron chi connectivity index (χ0n) is 6.11. The van der Waals surface area contributed by atoms with Crippen LogP contribution in [0.3, 0.4) is 0 Å². The van der Waals surface area contributed by atoms with Crippen molar-refractivity contribution in [2.24, 2.45) is 0 Å². The number of nitrogens with zero attached hydrogens (tertiary/aromatic N) is 1. The Morgan fingerprint density at radius 3 is 2.67 bits per heavy atom. The number of rotatable bonds is 2. The summed E-state index contributed by atoms with van der Waals surface area (Å²) in [4.78, 5) is 11.6. The molecule has 0 unspecified atom stereocenters. The Morgan fingerprint density at radius 2 is 2.08 bits per heavy atom. The fourth-order valence-electron chi connectivity index (χ4n) is 0.863. The topological polar surface area (TPSA) is 43.1 Å². The molecule has 4 heteroatoms. The summed E-state index contributed by atoms with van der Waals surface area (Å²) in [7, 11) is 0. The molecule has 0 saturated carbocycles. The van der Waals surface area contributed by atoms with E-state index in [0.717, 1.165) is 0 Å². The van der Waals surface area contributed by atoms with Gasteiger partial charge in [-0.25, -0.2) is 0 Å². The lowest BCUT2D eigenvalue weighted by Gasteiger charge is -1.94. The van der Waals surface area contributed by atoms with Crippen LogP contribution in [-0.2, 0) is 0 Å². The van der Waals surface area contributed by atoms with Crippen molar-refractivity contribution in [2.75, 3.05) is 0 Å². The lowest BCUT2D eigenvalue weighted by Crippen LogP contribution is -1.89. The van der Waals surface area contributed by atoms with E-state index in [2.05, 4.69) is 15.9 Å². The molecule has 0 heterocycles. The molecule has 0 aliphatic rings. The smallest absolute Gasteiger partial charge is 0.258 e. The van der Waals surface area contributed by atoms with Crippen LogP contribution in [0.4, 0.5) is 5.69 Å². The molecule has 0 bridgehead atoms. The number of hydrogen-bond donors (Lipinski definition) is 0. The van der Waals surface area contributed by atoms with Crippen molar-refractivity contribution >= 4 is 27.7 Å². The molecule has 1 rings (SSSR count). The van der Waals surface area contributed by atoms with Gasteiger partial charge in [-0.1, -0.05) is 28.1 Å². The first-order chi connectivity index (χ1) is 5.75. The Morgan fingerprint density at radius 1 is 1.42 bits per heavy atom. The van der Waals surface area contributed by atoms with Crippen LogP contribution >= 0.6 is 15.9 Å². The molecule has 0 aromatic heterocycles. The molecule has 0 spiro atoms. The fourth-order valence-corrected chi connectivity index (χ4v) is 1.15. The molecule has 0 saturated heterocycles. The summed E-state index contributed by atoms with van der Waals surface area (Å²) in [6, 6.07) is 6.57. The van der Waals surface area contributed by atoms with Crippen molar-refractivity contribution in [2.45, 2.75) is 0 Å². The van der Waals surface area contributed by atoms with Gasteiger partial charge in [-0.15, -0.1) is 0 Å². The van der Waals surface area contributed by atoms with Crippen LogP contribution in [0.2, 0.25) is 0 Å². The summed E-state index contributed by atoms with van der Waals surface area (Å²) in [5, 5.41) is 10.5. The first kappa shape index (κ1) is 8.93. The van der Waals surface area contributed by atoms with E-state index in [4.69, 9.17) is 0 Å². The summed E-state index contributed by atoms with van der Waals surface area (Å²) < 4.78 is 0. The SMILES string of the molecule is O=[N+]([O-])c1ccccc1/C=C/Br. The lowest BCUT2D eigenvalue weighted by atomic mass is 10.2. The minimum atomic E-state index is -0.400. The molecule has 0 amide bonds. The van der Waals surface area contributed by atoms with Crippen molar-refractivity contribution < 1.29 is 4.92 Å². The molecular weight excluding hydrogens is 222 g/mol. The molecule has 3 nitrogen and oxygen atoms in total. The van der Waals surface area contributed by atoms with Gasteiger partial charge >= 0.3 is 0 Å². The minimum absolute atomic E-state index is 0.119. The van der Waals surface area contributed by atoms with Gasteiger partial charge in [0.25, 0.3) is 5.69 Å². The third-order valence-electron chi connectivity index (χ3n) is 1.38. The zero-order valence-corrected chi connectivity index (χ0v) is 7.69. The highest BCUT2D eigenvalue weighted by Gasteiger charge is 2.08. The normalized spacial score (nSPS) is 10.4. The molecule has 1 aromatic rings. The number of hydrogen-bond acceptors (Lipinski definition) is 2. The number of benzene rings is 1. The average Bonchev–Trinajstić information content (AvgIpc) is 2.05. The van der Waals surface area contributed by atoms with Crippen LogP contribution in [0.1, 0.15) is 5.56 Å². The van der Waals surface area contributed by atoms with Gasteiger partial charge in [-0.05, 0) is 17.1 Å². The molecule has 0 fully saturated rings. The Hall–Kier alpha value is -1.16. The highest BCUT2D eigenvalue weighted by atomic mass is 79.9. The summed E-state index contributed by atoms with van der Waals surface area (Å²) >= 11 is 3.07. The van der Waals surface area contributed by atoms with Crippen LogP contribution in [0.5, 0.6) is 0 Å². The number of halogens is 1. The van der Waals surface area contributed by atoms with Crippen LogP contribution in [0, 0.1) is 10.1 Å². The lowest BCUT2D eigenvalue weighted by molar-refractivity contribution is -0.385. The maximum absolute atomic E-state index is 10.5. The summed E-state index contributed by atoms with van der Waals surface area (Å²) in [5.41, 5.74) is 0.715. The molecule has 0 aliphatic carbocycles. The van der Waals surface area contributed by atoms with E-state index in [0.29, 0.717) is 5.56 Å². The largest absolute Gasteiger partial charge is 0.276 e. The van der Waals surface area contributed by atoms with Crippen LogP contribution < -0.4 is 0 Å². The molecule has 0 atom stereocenters. The molecule has 0 aliphatic heterocycles. The van der Waals surface area contributed by atoms with Crippen LogP contribution in [0.15, 0.2) is 29.3 Å². The predicted octanol–water partition coefficient (Wildman–Crippen LogP) is 2.96. The Balaban J connectivity index is 3.17. The van der Waals surface area contributed by atoms with E-state index in [1.54, 1.807) is 29.3 Å². The van der Waals surface area contributed by atoms with Gasteiger partial charge in [-0.3, -0.25) is 10.1 Å². The van der Waals surface area contributed by atoms with Crippen molar-refractivity contribution in [1.82, 2.24) is 0 Å². The van der Waals surface area contributed by atoms with Gasteiger partial charge in [0.1, 0.15) is 0 Å². The summed E-state index contributed by atoms with van der Waals surface area (Å²) in [5.74, 6) is 0. The predicted molar refractivity (Wildman–Crippen MR) is 51.1 cm³/mol. The Labute approximate surface area is 78.0 Å². The maximum atomic E-state index is 10.5. The zero-order chi connectivity index (χ0) is 8.97. The second kappa shape index (κ2) is 4.01. The molecule has 12 heavy (non-hydrogen) atoms. The Bertz CT molecular complexity index is 323. The van der Waals surface area contributed by atoms with Gasteiger partial charge in [0.2, 0.25) is 0 Å². The van der Waals surface area contributed by atoms with E-state index >= 15 is 0 Å². The number of para-hydroxylation sites is 1. The number of nitro groups is 1. The minimum Gasteiger partial charge on any atom is -0.258 e. The molecule has 62 valence electrons. The summed E-state index contributed by atoms with van der Waals surface area (Å²) in [6.45, 7) is 0. The molecular formula is C8H6BrNO2. The van der Waals surface area contributed by atoms with Crippen molar-refractivity contribution in [3.05, 3.63) is 44.9 Å². The third kappa shape index (κ3) is 1.92. The van der Waals surface area contributed by atoms with E-state index in [1.807, 2.05) is 0 Å². The van der Waals surface area contributed by atoms with Gasteiger partial charge in [0.15, 0.2) is 0 Å². The average molecular weight is 228 g/mol. The number of nitro benzene ring substituents is 1. The second-order valence-corrected chi connectivity index (χ2v) is 2.64. The van der Waals surface area contributed by atoms with E-state index in [9.17, 15) is 10.1 Å². The van der Waals surface area contributed by atoms with Crippen molar-refractivity contribution in [1.29, 1.82) is 0 Å². The van der Waals surface area contributed by atoms with Crippen LogP contribution in [-0.4, -0.2) is 4.92 Å². The quantitative estimate of drug-likeness (QED) is 0.576. The van der Waals surface area contributed by atoms with Crippen LogP contribution in [0.25, 0.3) is 6.08 Å². The van der Waals surface area contributed by atoms with E-state index < -0.39 is 4.92 Å². The van der Waals surface area contributed by atoms with Gasteiger partial charge < -0.3 is 0 Å². The van der Waals surface area contributed by atoms with Crippen molar-refractivity contribution in [3.63, 3.8) is 0 Å². The highest BCUT2D eigenvalue weighted by Crippen LogP contribution is 2.19. The standard InChI is InChI=1S/C8H6BrNO2/c9-6-5-7-3-1-2-4-8(7)10(11)12/h1-6H/b6-5+. The van der Waals surface area contributed by atoms with Gasteiger partial charge in [0.05, 0.1) is 10.5 Å². The van der Waals surface area contributed by atoms with Crippen molar-refractivity contribution in [3.8, 4) is 0 Å². The Kier molecular flexibility index (Phi) is 2.99. The highest BCUT2D eigenvalue weighted by molar-refractivity contribution is 9.11. The first-order valence-electron chi connectivity index (χ1n) is 3.26. The molecule has 1 aromatic carbocycles. The van der Waals surface area contributed by atoms with E-state index in [-0.39, 0.29) is 5.69 Å². The summed E-state index contributed by atoms with van der Waals surface area (Å²) in [6.07, 6.45) is 1.64. The maximum Gasteiger partial charge on any atom is 0.276 e. The monoisotopic (exact) mass is 227 g/mol. The first-order valence-corrected chi connectivity index (χ1v) is 4.17. The third-order valence-corrected chi connectivity index (χ3v) is 1.64. The van der Waals surface area contributed by atoms with Gasteiger partial charge in [0, 0.05) is 6.07 Å². The fraction of sp³-hybridized carbons (Fsp3) is 0. The molecule has 0 radical (unpaired) electrons. The second-order valence-electron chi connectivity index (χ2n) is 2.11. The molecule has 0 N–H and O–H groups in total.